The van der Waals surface area contributed by atoms with Crippen molar-refractivity contribution >= 4 is 34.5 Å². The number of carbonyl (C=O) groups is 1. The second-order valence-electron chi connectivity index (χ2n) is 4.47. The second kappa shape index (κ2) is 5.42. The molecule has 0 bridgehead atoms. The molecule has 4 nitrogen and oxygen atoms in total. The Morgan fingerprint density at radius 3 is 2.67 bits per heavy atom. The van der Waals surface area contributed by atoms with Crippen LogP contribution in [0.3, 0.4) is 0 Å². The zero-order valence-corrected chi connectivity index (χ0v) is 11.5. The summed E-state index contributed by atoms with van der Waals surface area (Å²) in [5.41, 5.74) is 2.34. The summed E-state index contributed by atoms with van der Waals surface area (Å²) in [6, 6.07) is 12.7. The van der Waals surface area contributed by atoms with Crippen molar-refractivity contribution in [3.63, 3.8) is 0 Å². The maximum absolute atomic E-state index is 10.6. The number of halogens is 1. The Bertz CT molecular complexity index is 834. The Kier molecular flexibility index (Phi) is 3.46. The van der Waals surface area contributed by atoms with E-state index in [0.29, 0.717) is 16.3 Å². The summed E-state index contributed by atoms with van der Waals surface area (Å²) in [6.45, 7) is 0. The fourth-order valence-electron chi connectivity index (χ4n) is 2.04. The number of benzene rings is 2. The van der Waals surface area contributed by atoms with Crippen molar-refractivity contribution in [2.24, 2.45) is 0 Å². The smallest absolute Gasteiger partial charge is 0.328 e. The molecule has 0 aliphatic carbocycles. The summed E-state index contributed by atoms with van der Waals surface area (Å²) in [5, 5.41) is 14.2. The van der Waals surface area contributed by atoms with Gasteiger partial charge in [0.1, 0.15) is 5.52 Å². The van der Waals surface area contributed by atoms with Crippen molar-refractivity contribution in [2.75, 3.05) is 0 Å². The standard InChI is InChI=1S/C16H10ClNO3/c17-12-5-3-11(4-6-12)16-13-9-10(2-8-15(19)20)1-7-14(13)18-21-16/h1-9H,(H,19,20). The molecule has 21 heavy (non-hydrogen) atoms. The highest BCUT2D eigenvalue weighted by molar-refractivity contribution is 6.30. The molecule has 104 valence electrons. The van der Waals surface area contributed by atoms with Gasteiger partial charge < -0.3 is 9.63 Å². The average Bonchev–Trinajstić information content (AvgIpc) is 2.89. The molecule has 0 unspecified atom stereocenters. The number of fused-ring (bicyclic) bond motifs is 1. The van der Waals surface area contributed by atoms with E-state index in [1.807, 2.05) is 18.2 Å². The predicted molar refractivity (Wildman–Crippen MR) is 81.1 cm³/mol. The normalized spacial score (nSPS) is 11.3. The Labute approximate surface area is 125 Å². The SMILES string of the molecule is O=C(O)C=Cc1ccc2noc(-c3ccc(Cl)cc3)c2c1. The lowest BCUT2D eigenvalue weighted by atomic mass is 10.1. The van der Waals surface area contributed by atoms with Crippen LogP contribution < -0.4 is 0 Å². The Morgan fingerprint density at radius 1 is 1.19 bits per heavy atom. The maximum atomic E-state index is 10.6. The lowest BCUT2D eigenvalue weighted by Gasteiger charge is -1.98. The van der Waals surface area contributed by atoms with Crippen LogP contribution in [0, 0.1) is 0 Å². The largest absolute Gasteiger partial charge is 0.478 e. The molecular formula is C16H10ClNO3. The Hall–Kier alpha value is -2.59. The van der Waals surface area contributed by atoms with Gasteiger partial charge in [-0.3, -0.25) is 0 Å². The summed E-state index contributed by atoms with van der Waals surface area (Å²) in [4.78, 5) is 10.6. The van der Waals surface area contributed by atoms with E-state index in [0.717, 1.165) is 22.6 Å². The summed E-state index contributed by atoms with van der Waals surface area (Å²) in [7, 11) is 0. The average molecular weight is 300 g/mol. The van der Waals surface area contributed by atoms with E-state index >= 15 is 0 Å². The molecule has 0 spiro atoms. The van der Waals surface area contributed by atoms with E-state index < -0.39 is 5.97 Å². The third-order valence-corrected chi connectivity index (χ3v) is 3.28. The Morgan fingerprint density at radius 2 is 1.95 bits per heavy atom. The van der Waals surface area contributed by atoms with Crippen LogP contribution in [0.4, 0.5) is 0 Å². The number of carboxylic acids is 1. The molecule has 0 saturated carbocycles. The zero-order valence-electron chi connectivity index (χ0n) is 10.8. The molecule has 5 heteroatoms. The summed E-state index contributed by atoms with van der Waals surface area (Å²) in [5.74, 6) is -0.356. The highest BCUT2D eigenvalue weighted by Gasteiger charge is 2.10. The molecule has 0 saturated heterocycles. The first-order valence-electron chi connectivity index (χ1n) is 6.20. The molecule has 0 aliphatic heterocycles. The second-order valence-corrected chi connectivity index (χ2v) is 4.90. The first-order valence-corrected chi connectivity index (χ1v) is 6.58. The van der Waals surface area contributed by atoms with Gasteiger partial charge in [0.25, 0.3) is 0 Å². The van der Waals surface area contributed by atoms with Crippen LogP contribution in [0.5, 0.6) is 0 Å². The molecule has 1 N–H and O–H groups in total. The lowest BCUT2D eigenvalue weighted by molar-refractivity contribution is -0.131. The lowest BCUT2D eigenvalue weighted by Crippen LogP contribution is -1.85. The van der Waals surface area contributed by atoms with Gasteiger partial charge in [0, 0.05) is 16.7 Å². The van der Waals surface area contributed by atoms with Crippen LogP contribution >= 0.6 is 11.6 Å². The van der Waals surface area contributed by atoms with Gasteiger partial charge in [-0.25, -0.2) is 4.79 Å². The van der Waals surface area contributed by atoms with Crippen LogP contribution in [-0.4, -0.2) is 16.2 Å². The highest BCUT2D eigenvalue weighted by atomic mass is 35.5. The van der Waals surface area contributed by atoms with E-state index in [2.05, 4.69) is 5.16 Å². The highest BCUT2D eigenvalue weighted by Crippen LogP contribution is 2.30. The van der Waals surface area contributed by atoms with Crippen LogP contribution in [0.25, 0.3) is 28.3 Å². The van der Waals surface area contributed by atoms with Crippen LogP contribution in [0.15, 0.2) is 53.1 Å². The van der Waals surface area contributed by atoms with E-state index in [-0.39, 0.29) is 0 Å². The molecule has 0 atom stereocenters. The van der Waals surface area contributed by atoms with E-state index in [1.165, 1.54) is 6.08 Å². The van der Waals surface area contributed by atoms with E-state index in [9.17, 15) is 4.79 Å². The van der Waals surface area contributed by atoms with E-state index in [4.69, 9.17) is 21.2 Å². The predicted octanol–water partition coefficient (Wildman–Crippen LogP) is 4.25. The van der Waals surface area contributed by atoms with Crippen molar-refractivity contribution in [3.05, 3.63) is 59.1 Å². The number of aliphatic carboxylic acids is 1. The molecule has 3 aromatic rings. The van der Waals surface area contributed by atoms with Crippen molar-refractivity contribution < 1.29 is 14.4 Å². The van der Waals surface area contributed by atoms with Gasteiger partial charge in [0.2, 0.25) is 0 Å². The number of nitrogens with zero attached hydrogens (tertiary/aromatic N) is 1. The van der Waals surface area contributed by atoms with Gasteiger partial charge in [-0.15, -0.1) is 0 Å². The van der Waals surface area contributed by atoms with Gasteiger partial charge in [-0.1, -0.05) is 22.8 Å². The van der Waals surface area contributed by atoms with Crippen LogP contribution in [0.1, 0.15) is 5.56 Å². The van der Waals surface area contributed by atoms with Crippen LogP contribution in [-0.2, 0) is 4.79 Å². The minimum absolute atomic E-state index is 0.632. The minimum atomic E-state index is -0.988. The van der Waals surface area contributed by atoms with Crippen molar-refractivity contribution in [1.29, 1.82) is 0 Å². The third kappa shape index (κ3) is 2.80. The first-order chi connectivity index (χ1) is 10.1. The molecular weight excluding hydrogens is 290 g/mol. The van der Waals surface area contributed by atoms with Gasteiger partial charge in [-0.05, 0) is 48.0 Å². The van der Waals surface area contributed by atoms with Crippen molar-refractivity contribution in [2.45, 2.75) is 0 Å². The minimum Gasteiger partial charge on any atom is -0.478 e. The summed E-state index contributed by atoms with van der Waals surface area (Å²) < 4.78 is 5.39. The Balaban J connectivity index is 2.09. The molecule has 0 amide bonds. The quantitative estimate of drug-likeness (QED) is 0.734. The van der Waals surface area contributed by atoms with Gasteiger partial charge in [0.15, 0.2) is 5.76 Å². The summed E-state index contributed by atoms with van der Waals surface area (Å²) in [6.07, 6.45) is 2.62. The first kappa shape index (κ1) is 13.4. The number of hydrogen-bond acceptors (Lipinski definition) is 3. The third-order valence-electron chi connectivity index (χ3n) is 3.03. The zero-order chi connectivity index (χ0) is 14.8. The monoisotopic (exact) mass is 299 g/mol. The van der Waals surface area contributed by atoms with Crippen molar-refractivity contribution in [1.82, 2.24) is 5.16 Å². The topological polar surface area (TPSA) is 63.3 Å². The maximum Gasteiger partial charge on any atom is 0.328 e. The van der Waals surface area contributed by atoms with E-state index in [1.54, 1.807) is 24.3 Å². The molecule has 1 heterocycles. The van der Waals surface area contributed by atoms with Gasteiger partial charge in [-0.2, -0.15) is 0 Å². The molecule has 2 aromatic carbocycles. The van der Waals surface area contributed by atoms with Gasteiger partial charge in [0.05, 0.1) is 5.39 Å². The number of carboxylic acid groups (broad SMARTS) is 1. The number of hydrogen-bond donors (Lipinski definition) is 1. The van der Waals surface area contributed by atoms with Crippen molar-refractivity contribution in [3.8, 4) is 11.3 Å². The number of rotatable bonds is 3. The summed E-state index contributed by atoms with van der Waals surface area (Å²) >= 11 is 5.88. The molecule has 0 fully saturated rings. The molecule has 3 rings (SSSR count). The molecule has 0 radical (unpaired) electrons. The fourth-order valence-corrected chi connectivity index (χ4v) is 2.17. The molecule has 1 aromatic heterocycles. The van der Waals surface area contributed by atoms with Crippen LogP contribution in [0.2, 0.25) is 5.02 Å². The number of aromatic nitrogens is 1. The molecule has 0 aliphatic rings. The van der Waals surface area contributed by atoms with Gasteiger partial charge >= 0.3 is 5.97 Å². The fraction of sp³-hybridized carbons (Fsp3) is 0.